The molecule has 0 spiro atoms. The van der Waals surface area contributed by atoms with Crippen molar-refractivity contribution in [2.45, 2.75) is 24.3 Å². The molecule has 0 fully saturated rings. The molecule has 0 aliphatic rings. The van der Waals surface area contributed by atoms with E-state index in [1.165, 1.54) is 12.3 Å². The molecule has 1 amide bonds. The Kier molecular flexibility index (Phi) is 4.88. The first kappa shape index (κ1) is 14.7. The molecule has 1 atom stereocenters. The number of amides is 1. The molecule has 0 aliphatic carbocycles. The van der Waals surface area contributed by atoms with Crippen molar-refractivity contribution in [1.29, 1.82) is 0 Å². The Bertz CT molecular complexity index is 509. The predicted molar refractivity (Wildman–Crippen MR) is 65.6 cm³/mol. The number of methoxy groups -OCH3 is 1. The van der Waals surface area contributed by atoms with E-state index in [4.69, 9.17) is 9.88 Å². The fourth-order valence-electron chi connectivity index (χ4n) is 1.40. The number of primary sulfonamides is 1. The zero-order valence-electron chi connectivity index (χ0n) is 10.3. The highest BCUT2D eigenvalue weighted by Crippen LogP contribution is 2.08. The summed E-state index contributed by atoms with van der Waals surface area (Å²) in [7, 11) is -2.25. The Balaban J connectivity index is 2.76. The van der Waals surface area contributed by atoms with E-state index in [1.807, 2.05) is 6.92 Å². The summed E-state index contributed by atoms with van der Waals surface area (Å²) in [5.74, 6) is -0.395. The van der Waals surface area contributed by atoms with Crippen LogP contribution in [0.1, 0.15) is 23.8 Å². The minimum Gasteiger partial charge on any atom is -0.383 e. The van der Waals surface area contributed by atoms with Crippen molar-refractivity contribution in [3.05, 3.63) is 18.0 Å². The molecule has 4 N–H and O–H groups in total. The highest BCUT2D eigenvalue weighted by atomic mass is 32.2. The van der Waals surface area contributed by atoms with E-state index in [1.54, 1.807) is 7.11 Å². The molecule has 0 saturated heterocycles. The molecule has 0 radical (unpaired) electrons. The summed E-state index contributed by atoms with van der Waals surface area (Å²) in [5.41, 5.74) is 0.147. The van der Waals surface area contributed by atoms with Crippen molar-refractivity contribution in [2.75, 3.05) is 13.7 Å². The summed E-state index contributed by atoms with van der Waals surface area (Å²) >= 11 is 0. The Labute approximate surface area is 106 Å². The monoisotopic (exact) mass is 275 g/mol. The maximum Gasteiger partial charge on any atom is 0.268 e. The Morgan fingerprint density at radius 3 is 2.72 bits per heavy atom. The number of carbonyl (C=O) groups is 1. The third-order valence-corrected chi connectivity index (χ3v) is 3.32. The standard InChI is InChI=1S/C10H17N3O4S/c1-3-7(6-17-2)13-10(14)9-4-8(5-12-9)18(11,15)16/h4-5,7,12H,3,6H2,1-2H3,(H,13,14)(H2,11,15,16). The number of nitrogens with two attached hydrogens (primary N) is 1. The Morgan fingerprint density at radius 2 is 2.28 bits per heavy atom. The second-order valence-corrected chi connectivity index (χ2v) is 5.39. The number of hydrogen-bond donors (Lipinski definition) is 3. The molecule has 0 bridgehead atoms. The van der Waals surface area contributed by atoms with Gasteiger partial charge in [0.05, 0.1) is 17.5 Å². The number of ether oxygens (including phenoxy) is 1. The summed E-state index contributed by atoms with van der Waals surface area (Å²) in [6, 6.07) is 1.08. The number of sulfonamides is 1. The van der Waals surface area contributed by atoms with E-state index in [0.717, 1.165) is 0 Å². The SMILES string of the molecule is CCC(COC)NC(=O)c1cc(S(N)(=O)=O)c[nH]1. The van der Waals surface area contributed by atoms with Crippen LogP contribution >= 0.6 is 0 Å². The van der Waals surface area contributed by atoms with Gasteiger partial charge < -0.3 is 15.0 Å². The average Bonchev–Trinajstić information content (AvgIpc) is 2.77. The van der Waals surface area contributed by atoms with Gasteiger partial charge in [-0.3, -0.25) is 4.79 Å². The predicted octanol–water partition coefficient (Wildman–Crippen LogP) is -0.183. The van der Waals surface area contributed by atoms with Crippen LogP contribution in [0.5, 0.6) is 0 Å². The van der Waals surface area contributed by atoms with E-state index >= 15 is 0 Å². The maximum absolute atomic E-state index is 11.8. The van der Waals surface area contributed by atoms with Crippen LogP contribution in [0.2, 0.25) is 0 Å². The van der Waals surface area contributed by atoms with E-state index in [0.29, 0.717) is 13.0 Å². The molecule has 0 aromatic carbocycles. The van der Waals surface area contributed by atoms with Gasteiger partial charge in [0.2, 0.25) is 10.0 Å². The van der Waals surface area contributed by atoms with Gasteiger partial charge in [-0.1, -0.05) is 6.92 Å². The lowest BCUT2D eigenvalue weighted by molar-refractivity contribution is 0.0890. The van der Waals surface area contributed by atoms with Crippen LogP contribution in [-0.2, 0) is 14.8 Å². The summed E-state index contributed by atoms with van der Waals surface area (Å²) in [6.45, 7) is 2.30. The largest absolute Gasteiger partial charge is 0.383 e. The average molecular weight is 275 g/mol. The first-order valence-electron chi connectivity index (χ1n) is 5.39. The van der Waals surface area contributed by atoms with E-state index < -0.39 is 15.9 Å². The summed E-state index contributed by atoms with van der Waals surface area (Å²) in [6.07, 6.45) is 1.89. The lowest BCUT2D eigenvalue weighted by Gasteiger charge is -2.15. The molecule has 7 nitrogen and oxygen atoms in total. The van der Waals surface area contributed by atoms with E-state index in [9.17, 15) is 13.2 Å². The molecule has 1 aromatic rings. The molecule has 8 heteroatoms. The first-order chi connectivity index (χ1) is 8.38. The van der Waals surface area contributed by atoms with Crippen LogP contribution in [0.25, 0.3) is 0 Å². The molecule has 1 unspecified atom stereocenters. The van der Waals surface area contributed by atoms with Crippen molar-refractivity contribution in [1.82, 2.24) is 10.3 Å². The van der Waals surface area contributed by atoms with Gasteiger partial charge in [-0.05, 0) is 12.5 Å². The fraction of sp³-hybridized carbons (Fsp3) is 0.500. The summed E-state index contributed by atoms with van der Waals surface area (Å²) in [5, 5.41) is 7.66. The molecule has 0 aliphatic heterocycles. The van der Waals surface area contributed by atoms with Gasteiger partial charge in [-0.25, -0.2) is 13.6 Å². The number of aromatic nitrogens is 1. The van der Waals surface area contributed by atoms with Crippen LogP contribution in [0.3, 0.4) is 0 Å². The highest BCUT2D eigenvalue weighted by Gasteiger charge is 2.16. The third kappa shape index (κ3) is 3.83. The van der Waals surface area contributed by atoms with Crippen molar-refractivity contribution >= 4 is 15.9 Å². The quantitative estimate of drug-likeness (QED) is 0.668. The van der Waals surface area contributed by atoms with Crippen molar-refractivity contribution < 1.29 is 17.9 Å². The van der Waals surface area contributed by atoms with Gasteiger partial charge in [0, 0.05) is 13.3 Å². The second-order valence-electron chi connectivity index (χ2n) is 3.83. The van der Waals surface area contributed by atoms with Gasteiger partial charge in [0.15, 0.2) is 0 Å². The van der Waals surface area contributed by atoms with E-state index in [-0.39, 0.29) is 16.6 Å². The third-order valence-electron chi connectivity index (χ3n) is 2.43. The number of H-pyrrole nitrogens is 1. The van der Waals surface area contributed by atoms with Crippen molar-refractivity contribution in [3.63, 3.8) is 0 Å². The lowest BCUT2D eigenvalue weighted by Crippen LogP contribution is -2.37. The zero-order valence-corrected chi connectivity index (χ0v) is 11.1. The number of rotatable bonds is 6. The maximum atomic E-state index is 11.8. The van der Waals surface area contributed by atoms with Gasteiger partial charge in [0.25, 0.3) is 5.91 Å². The summed E-state index contributed by atoms with van der Waals surface area (Å²) < 4.78 is 27.1. The van der Waals surface area contributed by atoms with Crippen molar-refractivity contribution in [3.8, 4) is 0 Å². The van der Waals surface area contributed by atoms with Crippen LogP contribution in [-0.4, -0.2) is 39.1 Å². The molecule has 102 valence electrons. The number of aromatic amines is 1. The molecule has 0 saturated carbocycles. The molecular weight excluding hydrogens is 258 g/mol. The summed E-state index contributed by atoms with van der Waals surface area (Å²) in [4.78, 5) is 14.2. The minimum absolute atomic E-state index is 0.118. The van der Waals surface area contributed by atoms with Crippen LogP contribution < -0.4 is 10.5 Å². The van der Waals surface area contributed by atoms with Gasteiger partial charge in [-0.2, -0.15) is 0 Å². The lowest BCUT2D eigenvalue weighted by atomic mass is 10.2. The zero-order chi connectivity index (χ0) is 13.8. The smallest absolute Gasteiger partial charge is 0.268 e. The van der Waals surface area contributed by atoms with Gasteiger partial charge in [0.1, 0.15) is 5.69 Å². The molecular formula is C10H17N3O4S. The molecule has 1 heterocycles. The van der Waals surface area contributed by atoms with Crippen LogP contribution in [0.4, 0.5) is 0 Å². The second kappa shape index (κ2) is 5.98. The topological polar surface area (TPSA) is 114 Å². The Morgan fingerprint density at radius 1 is 1.61 bits per heavy atom. The van der Waals surface area contributed by atoms with Gasteiger partial charge in [-0.15, -0.1) is 0 Å². The number of nitrogens with one attached hydrogen (secondary N) is 2. The number of carbonyl (C=O) groups excluding carboxylic acids is 1. The highest BCUT2D eigenvalue weighted by molar-refractivity contribution is 7.89. The molecule has 1 rings (SSSR count). The Hall–Kier alpha value is -1.38. The van der Waals surface area contributed by atoms with Crippen LogP contribution in [0, 0.1) is 0 Å². The molecule has 18 heavy (non-hydrogen) atoms. The van der Waals surface area contributed by atoms with Crippen LogP contribution in [0.15, 0.2) is 17.2 Å². The fourth-order valence-corrected chi connectivity index (χ4v) is 1.90. The molecule has 1 aromatic heterocycles. The van der Waals surface area contributed by atoms with Crippen molar-refractivity contribution in [2.24, 2.45) is 5.14 Å². The number of hydrogen-bond acceptors (Lipinski definition) is 4. The minimum atomic E-state index is -3.80. The first-order valence-corrected chi connectivity index (χ1v) is 6.94. The van der Waals surface area contributed by atoms with Gasteiger partial charge >= 0.3 is 0 Å². The normalized spacial score (nSPS) is 13.3. The van der Waals surface area contributed by atoms with E-state index in [2.05, 4.69) is 10.3 Å².